The van der Waals surface area contributed by atoms with Crippen molar-refractivity contribution in [3.8, 4) is 5.75 Å². The Labute approximate surface area is 141 Å². The summed E-state index contributed by atoms with van der Waals surface area (Å²) in [7, 11) is -1.88. The van der Waals surface area contributed by atoms with Crippen LogP contribution in [0.5, 0.6) is 5.75 Å². The van der Waals surface area contributed by atoms with Gasteiger partial charge in [0.25, 0.3) is 0 Å². The molecule has 0 aromatic heterocycles. The summed E-state index contributed by atoms with van der Waals surface area (Å²) in [5.41, 5.74) is 0.0365. The van der Waals surface area contributed by atoms with Crippen molar-refractivity contribution in [2.24, 2.45) is 0 Å². The molecule has 0 saturated heterocycles. The molecule has 3 aromatic carbocycles. The van der Waals surface area contributed by atoms with Crippen molar-refractivity contribution < 1.29 is 14.1 Å². The maximum atomic E-state index is 13.9. The SMILES string of the molecule is COc1ccc(C(=O)P(=O)(c2ccccc2)c2ccccc2)cc1. The Kier molecular flexibility index (Phi) is 4.64. The van der Waals surface area contributed by atoms with Crippen molar-refractivity contribution in [1.82, 2.24) is 0 Å². The fourth-order valence-corrected chi connectivity index (χ4v) is 5.04. The highest BCUT2D eigenvalue weighted by Gasteiger charge is 2.36. The van der Waals surface area contributed by atoms with Crippen molar-refractivity contribution >= 4 is 23.3 Å². The van der Waals surface area contributed by atoms with Gasteiger partial charge in [0.2, 0.25) is 12.7 Å². The summed E-state index contributed by atoms with van der Waals surface area (Å²) in [5, 5.41) is 1.08. The summed E-state index contributed by atoms with van der Waals surface area (Å²) in [6.45, 7) is 0. The Morgan fingerprint density at radius 2 is 1.21 bits per heavy atom. The normalized spacial score (nSPS) is 11.0. The zero-order chi connectivity index (χ0) is 17.0. The van der Waals surface area contributed by atoms with Crippen LogP contribution < -0.4 is 15.3 Å². The van der Waals surface area contributed by atoms with Crippen molar-refractivity contribution in [3.63, 3.8) is 0 Å². The molecule has 0 aliphatic rings. The van der Waals surface area contributed by atoms with Crippen LogP contribution in [0.1, 0.15) is 10.4 Å². The lowest BCUT2D eigenvalue weighted by atomic mass is 10.2. The number of hydrogen-bond acceptors (Lipinski definition) is 3. The quantitative estimate of drug-likeness (QED) is 0.665. The van der Waals surface area contributed by atoms with E-state index in [4.69, 9.17) is 4.74 Å². The Hall–Kier alpha value is -2.64. The molecule has 0 spiro atoms. The van der Waals surface area contributed by atoms with Gasteiger partial charge in [-0.3, -0.25) is 4.79 Å². The smallest absolute Gasteiger partial charge is 0.230 e. The van der Waals surface area contributed by atoms with Gasteiger partial charge in [0, 0.05) is 16.2 Å². The average Bonchev–Trinajstić information content (AvgIpc) is 2.68. The van der Waals surface area contributed by atoms with Gasteiger partial charge in [-0.05, 0) is 24.3 Å². The third kappa shape index (κ3) is 2.91. The van der Waals surface area contributed by atoms with Crippen molar-refractivity contribution in [2.75, 3.05) is 7.11 Å². The summed E-state index contributed by atoms with van der Waals surface area (Å²) in [5.74, 6) is 0.654. The fourth-order valence-electron chi connectivity index (χ4n) is 2.57. The van der Waals surface area contributed by atoms with Crippen LogP contribution in [0.2, 0.25) is 0 Å². The van der Waals surface area contributed by atoms with Crippen LogP contribution in [0.25, 0.3) is 0 Å². The van der Waals surface area contributed by atoms with Gasteiger partial charge in [-0.1, -0.05) is 60.7 Å². The molecule has 0 unspecified atom stereocenters. The van der Waals surface area contributed by atoms with Crippen LogP contribution in [-0.4, -0.2) is 12.6 Å². The summed E-state index contributed by atoms with van der Waals surface area (Å²) in [6, 6.07) is 24.6. The van der Waals surface area contributed by atoms with Crippen LogP contribution in [0.4, 0.5) is 0 Å². The summed E-state index contributed by atoms with van der Waals surface area (Å²) in [4.78, 5) is 13.2. The molecule has 0 fully saturated rings. The van der Waals surface area contributed by atoms with Gasteiger partial charge in [0.1, 0.15) is 5.75 Å². The molecule has 0 atom stereocenters. The van der Waals surface area contributed by atoms with Gasteiger partial charge in [0.05, 0.1) is 7.11 Å². The number of methoxy groups -OCH3 is 1. The van der Waals surface area contributed by atoms with Gasteiger partial charge in [0.15, 0.2) is 0 Å². The maximum absolute atomic E-state index is 13.9. The lowest BCUT2D eigenvalue weighted by Crippen LogP contribution is -2.22. The van der Waals surface area contributed by atoms with E-state index in [1.807, 2.05) is 12.1 Å². The molecule has 0 aliphatic heterocycles. The molecule has 120 valence electrons. The number of rotatable bonds is 5. The van der Waals surface area contributed by atoms with Crippen molar-refractivity contribution in [3.05, 3.63) is 90.5 Å². The zero-order valence-electron chi connectivity index (χ0n) is 13.3. The first-order chi connectivity index (χ1) is 11.7. The molecule has 0 radical (unpaired) electrons. The number of carbonyl (C=O) groups is 1. The van der Waals surface area contributed by atoms with Gasteiger partial charge in [-0.25, -0.2) is 0 Å². The average molecular weight is 336 g/mol. The van der Waals surface area contributed by atoms with Gasteiger partial charge in [-0.2, -0.15) is 0 Å². The molecule has 3 aromatic rings. The molecule has 0 N–H and O–H groups in total. The minimum absolute atomic E-state index is 0.373. The standard InChI is InChI=1S/C20H17O3P/c1-23-17-14-12-16(13-15-17)20(21)24(22,18-8-4-2-5-9-18)19-10-6-3-7-11-19/h2-15H,1H3. The van der Waals surface area contributed by atoms with E-state index in [1.165, 1.54) is 0 Å². The molecular weight excluding hydrogens is 319 g/mol. The third-order valence-electron chi connectivity index (χ3n) is 3.86. The Bertz CT molecular complexity index is 828. The second-order valence-electron chi connectivity index (χ2n) is 5.31. The highest BCUT2D eigenvalue weighted by molar-refractivity contribution is 7.93. The number of benzene rings is 3. The predicted molar refractivity (Wildman–Crippen MR) is 97.1 cm³/mol. The minimum atomic E-state index is -3.44. The highest BCUT2D eigenvalue weighted by Crippen LogP contribution is 2.46. The minimum Gasteiger partial charge on any atom is -0.497 e. The lowest BCUT2D eigenvalue weighted by molar-refractivity contribution is 0.107. The van der Waals surface area contributed by atoms with Crippen LogP contribution in [0, 0.1) is 0 Å². The van der Waals surface area contributed by atoms with Crippen LogP contribution in [-0.2, 0) is 4.57 Å². The number of ether oxygens (including phenoxy) is 1. The number of carbonyl (C=O) groups excluding carboxylic acids is 1. The molecule has 3 rings (SSSR count). The second-order valence-corrected chi connectivity index (χ2v) is 7.97. The molecule has 3 nitrogen and oxygen atoms in total. The van der Waals surface area contributed by atoms with E-state index in [-0.39, 0.29) is 5.52 Å². The van der Waals surface area contributed by atoms with E-state index in [0.29, 0.717) is 21.9 Å². The Balaban J connectivity index is 2.15. The second kappa shape index (κ2) is 6.86. The monoisotopic (exact) mass is 336 g/mol. The van der Waals surface area contributed by atoms with E-state index in [9.17, 15) is 9.36 Å². The first kappa shape index (κ1) is 16.2. The van der Waals surface area contributed by atoms with Crippen LogP contribution in [0.15, 0.2) is 84.9 Å². The summed E-state index contributed by atoms with van der Waals surface area (Å²) in [6.07, 6.45) is 0. The van der Waals surface area contributed by atoms with Crippen molar-refractivity contribution in [1.29, 1.82) is 0 Å². The Morgan fingerprint density at radius 3 is 1.62 bits per heavy atom. The van der Waals surface area contributed by atoms with Crippen molar-refractivity contribution in [2.45, 2.75) is 0 Å². The first-order valence-electron chi connectivity index (χ1n) is 7.56. The molecule has 0 saturated carbocycles. The lowest BCUT2D eigenvalue weighted by Gasteiger charge is -2.18. The zero-order valence-corrected chi connectivity index (χ0v) is 14.1. The maximum Gasteiger partial charge on any atom is 0.230 e. The molecule has 0 heterocycles. The van der Waals surface area contributed by atoms with E-state index < -0.39 is 7.14 Å². The van der Waals surface area contributed by atoms with Crippen LogP contribution >= 0.6 is 7.14 Å². The Morgan fingerprint density at radius 1 is 0.750 bits per heavy atom. The largest absolute Gasteiger partial charge is 0.497 e. The summed E-state index contributed by atoms with van der Waals surface area (Å²) < 4.78 is 19.0. The number of hydrogen-bond donors (Lipinski definition) is 0. The molecule has 0 aliphatic carbocycles. The first-order valence-corrected chi connectivity index (χ1v) is 9.27. The predicted octanol–water partition coefficient (Wildman–Crippen LogP) is 3.85. The fraction of sp³-hybridized carbons (Fsp3) is 0.0500. The topological polar surface area (TPSA) is 43.4 Å². The molecule has 0 bridgehead atoms. The highest BCUT2D eigenvalue weighted by atomic mass is 31.2. The van der Waals surface area contributed by atoms with E-state index in [2.05, 4.69) is 0 Å². The van der Waals surface area contributed by atoms with E-state index >= 15 is 0 Å². The summed E-state index contributed by atoms with van der Waals surface area (Å²) >= 11 is 0. The van der Waals surface area contributed by atoms with Gasteiger partial charge < -0.3 is 9.30 Å². The van der Waals surface area contributed by atoms with Gasteiger partial charge in [-0.15, -0.1) is 0 Å². The van der Waals surface area contributed by atoms with E-state index in [1.54, 1.807) is 79.9 Å². The van der Waals surface area contributed by atoms with Crippen LogP contribution in [0.3, 0.4) is 0 Å². The molecular formula is C20H17O3P. The third-order valence-corrected chi connectivity index (χ3v) is 6.74. The molecule has 4 heteroatoms. The molecule has 24 heavy (non-hydrogen) atoms. The molecule has 0 amide bonds. The van der Waals surface area contributed by atoms with E-state index in [0.717, 1.165) is 0 Å². The van der Waals surface area contributed by atoms with Gasteiger partial charge >= 0.3 is 0 Å².